The van der Waals surface area contributed by atoms with Crippen molar-refractivity contribution in [3.05, 3.63) is 73.2 Å². The molecule has 0 saturated heterocycles. The molecule has 0 amide bonds. The zero-order chi connectivity index (χ0) is 18.0. The zero-order valence-electron chi connectivity index (χ0n) is 13.4. The van der Waals surface area contributed by atoms with E-state index >= 15 is 0 Å². The van der Waals surface area contributed by atoms with Crippen LogP contribution in [-0.4, -0.2) is 17.8 Å². The van der Waals surface area contributed by atoms with Gasteiger partial charge in [-0.05, 0) is 29.3 Å². The van der Waals surface area contributed by atoms with Crippen LogP contribution in [0.2, 0.25) is 0 Å². The number of rotatable bonds is 5. The maximum Gasteiger partial charge on any atom is 0.263 e. The molecule has 0 radical (unpaired) electrons. The van der Waals surface area contributed by atoms with Crippen molar-refractivity contribution in [2.24, 2.45) is 0 Å². The van der Waals surface area contributed by atoms with E-state index in [2.05, 4.69) is 14.1 Å². The van der Waals surface area contributed by atoms with Crippen molar-refractivity contribution in [2.45, 2.75) is 4.90 Å². The Balaban J connectivity index is 1.55. The van der Waals surface area contributed by atoms with Gasteiger partial charge in [-0.25, -0.2) is 8.42 Å². The first kappa shape index (κ1) is 16.5. The highest BCUT2D eigenvalue weighted by molar-refractivity contribution is 7.93. The van der Waals surface area contributed by atoms with Gasteiger partial charge in [-0.2, -0.15) is 9.36 Å². The van der Waals surface area contributed by atoms with E-state index in [0.717, 1.165) is 22.7 Å². The molecule has 0 spiro atoms. The van der Waals surface area contributed by atoms with E-state index in [1.165, 1.54) is 12.5 Å². The highest BCUT2D eigenvalue weighted by atomic mass is 32.2. The lowest BCUT2D eigenvalue weighted by Crippen LogP contribution is -2.12. The van der Waals surface area contributed by atoms with E-state index in [0.29, 0.717) is 11.4 Å². The molecule has 6 nitrogen and oxygen atoms in total. The Bertz CT molecular complexity index is 1100. The molecule has 0 aliphatic rings. The molecule has 1 N–H and O–H groups in total. The number of sulfonamides is 1. The number of benzene rings is 2. The predicted octanol–water partition coefficient (Wildman–Crippen LogP) is 4.27. The Labute approximate surface area is 154 Å². The fraction of sp³-hybridized carbons (Fsp3) is 0. The zero-order valence-corrected chi connectivity index (χ0v) is 15.0. The molecular weight excluding hydrogens is 370 g/mol. The lowest BCUT2D eigenvalue weighted by molar-refractivity contribution is 0.568. The van der Waals surface area contributed by atoms with E-state index in [4.69, 9.17) is 4.42 Å². The molecule has 0 aliphatic carbocycles. The fourth-order valence-electron chi connectivity index (χ4n) is 2.40. The topological polar surface area (TPSA) is 85.1 Å². The minimum absolute atomic E-state index is 0.164. The second-order valence-electron chi connectivity index (χ2n) is 5.43. The summed E-state index contributed by atoms with van der Waals surface area (Å²) in [4.78, 5) is 4.35. The molecule has 0 bridgehead atoms. The Kier molecular flexibility index (Phi) is 4.27. The lowest BCUT2D eigenvalue weighted by Gasteiger charge is -2.06. The van der Waals surface area contributed by atoms with Gasteiger partial charge in [-0.1, -0.05) is 42.5 Å². The molecule has 2 heterocycles. The van der Waals surface area contributed by atoms with Gasteiger partial charge in [-0.15, -0.1) is 0 Å². The van der Waals surface area contributed by atoms with Crippen LogP contribution >= 0.6 is 11.5 Å². The summed E-state index contributed by atoms with van der Waals surface area (Å²) < 4.78 is 36.7. The number of nitrogens with zero attached hydrogens (tertiary/aromatic N) is 2. The minimum atomic E-state index is -3.73. The van der Waals surface area contributed by atoms with Crippen molar-refractivity contribution in [2.75, 3.05) is 4.72 Å². The summed E-state index contributed by atoms with van der Waals surface area (Å²) in [6.07, 6.45) is 3.01. The van der Waals surface area contributed by atoms with Gasteiger partial charge in [0.1, 0.15) is 6.26 Å². The third kappa shape index (κ3) is 3.37. The fourth-order valence-corrected chi connectivity index (χ4v) is 4.22. The second-order valence-corrected chi connectivity index (χ2v) is 7.87. The van der Waals surface area contributed by atoms with Crippen molar-refractivity contribution in [1.82, 2.24) is 9.36 Å². The van der Waals surface area contributed by atoms with E-state index in [1.54, 1.807) is 30.3 Å². The molecule has 0 atom stereocenters. The first-order valence-corrected chi connectivity index (χ1v) is 9.92. The largest absolute Gasteiger partial charge is 0.472 e. The maximum absolute atomic E-state index is 12.6. The number of hydrogen-bond donors (Lipinski definition) is 1. The van der Waals surface area contributed by atoms with Crippen LogP contribution < -0.4 is 4.72 Å². The summed E-state index contributed by atoms with van der Waals surface area (Å²) >= 11 is 0.976. The van der Waals surface area contributed by atoms with Crippen LogP contribution in [0.1, 0.15) is 0 Å². The minimum Gasteiger partial charge on any atom is -0.472 e. The van der Waals surface area contributed by atoms with Crippen LogP contribution in [-0.2, 0) is 10.0 Å². The number of nitrogens with one attached hydrogen (secondary N) is 1. The number of furan rings is 1. The van der Waals surface area contributed by atoms with E-state index < -0.39 is 10.0 Å². The summed E-state index contributed by atoms with van der Waals surface area (Å²) in [7, 11) is -3.73. The summed E-state index contributed by atoms with van der Waals surface area (Å²) in [6.45, 7) is 0. The number of aromatic nitrogens is 2. The Morgan fingerprint density at radius 2 is 1.62 bits per heavy atom. The standard InChI is InChI=1S/C18H13N3O3S2/c22-26(23,21-18-19-17(20-25-18)15-10-11-24-12-15)16-8-6-14(7-9-16)13-4-2-1-3-5-13/h1-12H,(H,19,20,21). The van der Waals surface area contributed by atoms with Gasteiger partial charge in [0, 0.05) is 11.5 Å². The number of hydrogen-bond acceptors (Lipinski definition) is 6. The molecule has 4 aromatic rings. The van der Waals surface area contributed by atoms with Gasteiger partial charge >= 0.3 is 0 Å². The molecule has 26 heavy (non-hydrogen) atoms. The van der Waals surface area contributed by atoms with Crippen LogP contribution in [0.25, 0.3) is 22.5 Å². The Morgan fingerprint density at radius 3 is 2.31 bits per heavy atom. The van der Waals surface area contributed by atoms with Crippen LogP contribution in [0.3, 0.4) is 0 Å². The molecule has 0 unspecified atom stereocenters. The van der Waals surface area contributed by atoms with E-state index in [1.807, 2.05) is 30.3 Å². The average Bonchev–Trinajstić information content (AvgIpc) is 3.34. The lowest BCUT2D eigenvalue weighted by atomic mass is 10.1. The predicted molar refractivity (Wildman–Crippen MR) is 100 cm³/mol. The summed E-state index contributed by atoms with van der Waals surface area (Å²) in [5.41, 5.74) is 2.67. The van der Waals surface area contributed by atoms with Crippen LogP contribution in [0.15, 0.2) is 82.5 Å². The molecule has 2 aromatic heterocycles. The van der Waals surface area contributed by atoms with Crippen molar-refractivity contribution in [3.8, 4) is 22.5 Å². The molecular formula is C18H13N3O3S2. The summed E-state index contributed by atoms with van der Waals surface area (Å²) in [6, 6.07) is 18.2. The van der Waals surface area contributed by atoms with Crippen molar-refractivity contribution < 1.29 is 12.8 Å². The highest BCUT2D eigenvalue weighted by Crippen LogP contribution is 2.25. The van der Waals surface area contributed by atoms with E-state index in [9.17, 15) is 8.42 Å². The van der Waals surface area contributed by atoms with E-state index in [-0.39, 0.29) is 10.0 Å². The average molecular weight is 383 g/mol. The first-order chi connectivity index (χ1) is 12.6. The van der Waals surface area contributed by atoms with Gasteiger partial charge < -0.3 is 4.42 Å². The van der Waals surface area contributed by atoms with Gasteiger partial charge in [0.05, 0.1) is 16.7 Å². The molecule has 130 valence electrons. The molecule has 0 fully saturated rings. The quantitative estimate of drug-likeness (QED) is 0.556. The molecule has 2 aromatic carbocycles. The van der Waals surface area contributed by atoms with Gasteiger partial charge in [-0.3, -0.25) is 4.72 Å². The van der Waals surface area contributed by atoms with Crippen LogP contribution in [0.4, 0.5) is 5.13 Å². The SMILES string of the molecule is O=S(=O)(Nc1nc(-c2ccoc2)ns1)c1ccc(-c2ccccc2)cc1. The highest BCUT2D eigenvalue weighted by Gasteiger charge is 2.17. The van der Waals surface area contributed by atoms with Crippen molar-refractivity contribution in [3.63, 3.8) is 0 Å². The van der Waals surface area contributed by atoms with Crippen molar-refractivity contribution in [1.29, 1.82) is 0 Å². The first-order valence-electron chi connectivity index (χ1n) is 7.66. The second kappa shape index (κ2) is 6.74. The molecule has 8 heteroatoms. The van der Waals surface area contributed by atoms with Crippen LogP contribution in [0.5, 0.6) is 0 Å². The summed E-state index contributed by atoms with van der Waals surface area (Å²) in [5, 5.41) is 0.202. The Hall–Kier alpha value is -2.97. The number of anilines is 1. The molecule has 0 aliphatic heterocycles. The van der Waals surface area contributed by atoms with Crippen molar-refractivity contribution >= 4 is 26.7 Å². The molecule has 0 saturated carbocycles. The van der Waals surface area contributed by atoms with Gasteiger partial charge in [0.25, 0.3) is 10.0 Å². The normalized spacial score (nSPS) is 11.4. The molecule has 4 rings (SSSR count). The van der Waals surface area contributed by atoms with Crippen LogP contribution in [0, 0.1) is 0 Å². The van der Waals surface area contributed by atoms with Gasteiger partial charge in [0.2, 0.25) is 5.13 Å². The summed E-state index contributed by atoms with van der Waals surface area (Å²) in [5.74, 6) is 0.417. The third-order valence-corrected chi connectivity index (χ3v) is 5.81. The third-order valence-electron chi connectivity index (χ3n) is 3.70. The smallest absolute Gasteiger partial charge is 0.263 e. The van der Waals surface area contributed by atoms with Gasteiger partial charge in [0.15, 0.2) is 5.82 Å². The Morgan fingerprint density at radius 1 is 0.885 bits per heavy atom. The monoisotopic (exact) mass is 383 g/mol. The maximum atomic E-state index is 12.6.